The van der Waals surface area contributed by atoms with Gasteiger partial charge in [0.25, 0.3) is 5.91 Å². The topological polar surface area (TPSA) is 58.6 Å². The minimum atomic E-state index is -0.227. The van der Waals surface area contributed by atoms with Crippen molar-refractivity contribution in [3.05, 3.63) is 29.3 Å². The van der Waals surface area contributed by atoms with Crippen LogP contribution in [0.4, 0.5) is 0 Å². The summed E-state index contributed by atoms with van der Waals surface area (Å²) in [4.78, 5) is 11.7. The Labute approximate surface area is 114 Å². The lowest BCUT2D eigenvalue weighted by molar-refractivity contribution is -0.124. The fraction of sp³-hybridized carbons (Fsp3) is 0.533. The largest absolute Gasteiger partial charge is 0.483 e. The van der Waals surface area contributed by atoms with Crippen molar-refractivity contribution in [1.82, 2.24) is 5.32 Å². The van der Waals surface area contributed by atoms with Crippen LogP contribution in [0.25, 0.3) is 0 Å². The molecule has 4 heteroatoms. The molecule has 0 saturated carbocycles. The van der Waals surface area contributed by atoms with Crippen LogP contribution in [0.5, 0.6) is 5.75 Å². The van der Waals surface area contributed by atoms with Crippen LogP contribution in [0, 0.1) is 19.8 Å². The Morgan fingerprint density at radius 3 is 2.63 bits per heavy atom. The van der Waals surface area contributed by atoms with E-state index in [1.165, 1.54) is 0 Å². The quantitative estimate of drug-likeness (QED) is 0.825. The standard InChI is InChI=1S/C15H23NO3/c1-10(2)13(8-17)16-15(18)9-19-14-7-5-6-11(3)12(14)4/h5-7,10,13,17H,8-9H2,1-4H3,(H,16,18)/t13-/m1/s1. The van der Waals surface area contributed by atoms with E-state index in [4.69, 9.17) is 9.84 Å². The van der Waals surface area contributed by atoms with E-state index in [0.717, 1.165) is 16.9 Å². The van der Waals surface area contributed by atoms with Crippen LogP contribution in [0.1, 0.15) is 25.0 Å². The second kappa shape index (κ2) is 7.14. The number of aryl methyl sites for hydroxylation is 1. The van der Waals surface area contributed by atoms with Gasteiger partial charge in [0.05, 0.1) is 12.6 Å². The van der Waals surface area contributed by atoms with Crippen LogP contribution in [0.15, 0.2) is 18.2 Å². The third-order valence-corrected chi connectivity index (χ3v) is 3.26. The molecule has 1 rings (SSSR count). The average Bonchev–Trinajstić information content (AvgIpc) is 2.37. The Morgan fingerprint density at radius 2 is 2.05 bits per heavy atom. The summed E-state index contributed by atoms with van der Waals surface area (Å²) in [6.45, 7) is 7.77. The molecule has 0 aromatic heterocycles. The summed E-state index contributed by atoms with van der Waals surface area (Å²) in [6, 6.07) is 5.53. The van der Waals surface area contributed by atoms with Gasteiger partial charge in [0.1, 0.15) is 5.75 Å². The fourth-order valence-corrected chi connectivity index (χ4v) is 1.70. The molecule has 4 nitrogen and oxygen atoms in total. The molecule has 0 spiro atoms. The maximum absolute atomic E-state index is 11.7. The molecule has 0 aliphatic carbocycles. The molecule has 106 valence electrons. The van der Waals surface area contributed by atoms with Crippen molar-refractivity contribution >= 4 is 5.91 Å². The van der Waals surface area contributed by atoms with Crippen molar-refractivity contribution in [2.24, 2.45) is 5.92 Å². The Kier molecular flexibility index (Phi) is 5.83. The molecule has 0 radical (unpaired) electrons. The second-order valence-electron chi connectivity index (χ2n) is 5.09. The predicted molar refractivity (Wildman–Crippen MR) is 75.3 cm³/mol. The van der Waals surface area contributed by atoms with Gasteiger partial charge in [-0.25, -0.2) is 0 Å². The number of benzene rings is 1. The number of carbonyl (C=O) groups excluding carboxylic acids is 1. The highest BCUT2D eigenvalue weighted by Gasteiger charge is 2.15. The number of aliphatic hydroxyl groups excluding tert-OH is 1. The molecule has 0 aliphatic rings. The molecule has 1 amide bonds. The van der Waals surface area contributed by atoms with E-state index in [1.54, 1.807) is 0 Å². The van der Waals surface area contributed by atoms with Crippen LogP contribution in [0.3, 0.4) is 0 Å². The summed E-state index contributed by atoms with van der Waals surface area (Å²) in [5.41, 5.74) is 2.17. The number of aliphatic hydroxyl groups is 1. The third kappa shape index (κ3) is 4.56. The smallest absolute Gasteiger partial charge is 0.258 e. The van der Waals surface area contributed by atoms with Crippen LogP contribution in [-0.2, 0) is 4.79 Å². The summed E-state index contributed by atoms with van der Waals surface area (Å²) in [6.07, 6.45) is 0. The Bertz CT molecular complexity index is 429. The van der Waals surface area contributed by atoms with Crippen LogP contribution in [0.2, 0.25) is 0 Å². The SMILES string of the molecule is Cc1cccc(OCC(=O)N[C@H](CO)C(C)C)c1C. The van der Waals surface area contributed by atoms with Crippen molar-refractivity contribution in [2.45, 2.75) is 33.7 Å². The molecule has 0 fully saturated rings. The van der Waals surface area contributed by atoms with Crippen molar-refractivity contribution in [1.29, 1.82) is 0 Å². The predicted octanol–water partition coefficient (Wildman–Crippen LogP) is 1.82. The average molecular weight is 265 g/mol. The van der Waals surface area contributed by atoms with Gasteiger partial charge >= 0.3 is 0 Å². The van der Waals surface area contributed by atoms with Crippen LogP contribution >= 0.6 is 0 Å². The molecule has 0 bridgehead atoms. The van der Waals surface area contributed by atoms with E-state index in [-0.39, 0.29) is 31.1 Å². The van der Waals surface area contributed by atoms with Crippen molar-refractivity contribution in [3.63, 3.8) is 0 Å². The van der Waals surface area contributed by atoms with Gasteiger partial charge in [0.15, 0.2) is 6.61 Å². The first kappa shape index (κ1) is 15.5. The van der Waals surface area contributed by atoms with E-state index in [9.17, 15) is 4.79 Å². The first-order chi connectivity index (χ1) is 8.95. The first-order valence-corrected chi connectivity index (χ1v) is 6.55. The number of ether oxygens (including phenoxy) is 1. The lowest BCUT2D eigenvalue weighted by Crippen LogP contribution is -2.43. The fourth-order valence-electron chi connectivity index (χ4n) is 1.70. The van der Waals surface area contributed by atoms with Crippen molar-refractivity contribution in [3.8, 4) is 5.75 Å². The lowest BCUT2D eigenvalue weighted by Gasteiger charge is -2.20. The number of amides is 1. The van der Waals surface area contributed by atoms with E-state index in [2.05, 4.69) is 5.32 Å². The van der Waals surface area contributed by atoms with Gasteiger partial charge in [-0.05, 0) is 37.0 Å². The Morgan fingerprint density at radius 1 is 1.37 bits per heavy atom. The highest BCUT2D eigenvalue weighted by atomic mass is 16.5. The number of hydrogen-bond donors (Lipinski definition) is 2. The second-order valence-corrected chi connectivity index (χ2v) is 5.09. The van der Waals surface area contributed by atoms with Gasteiger partial charge in [-0.1, -0.05) is 26.0 Å². The lowest BCUT2D eigenvalue weighted by atomic mass is 10.1. The summed E-state index contributed by atoms with van der Waals surface area (Å²) in [5, 5.41) is 11.9. The zero-order chi connectivity index (χ0) is 14.4. The minimum absolute atomic E-state index is 0.0342. The molecular formula is C15H23NO3. The summed E-state index contributed by atoms with van der Waals surface area (Å²) in [7, 11) is 0. The number of hydrogen-bond acceptors (Lipinski definition) is 3. The molecule has 0 aliphatic heterocycles. The van der Waals surface area contributed by atoms with Gasteiger partial charge in [-0.2, -0.15) is 0 Å². The molecule has 1 aromatic rings. The third-order valence-electron chi connectivity index (χ3n) is 3.26. The van der Waals surface area contributed by atoms with E-state index < -0.39 is 0 Å². The first-order valence-electron chi connectivity index (χ1n) is 6.55. The maximum Gasteiger partial charge on any atom is 0.258 e. The normalized spacial score (nSPS) is 12.3. The van der Waals surface area contributed by atoms with E-state index >= 15 is 0 Å². The molecule has 1 atom stereocenters. The maximum atomic E-state index is 11.7. The van der Waals surface area contributed by atoms with E-state index in [1.807, 2.05) is 45.9 Å². The van der Waals surface area contributed by atoms with Crippen molar-refractivity contribution < 1.29 is 14.6 Å². The van der Waals surface area contributed by atoms with Gasteiger partial charge in [0, 0.05) is 0 Å². The summed E-state index contributed by atoms with van der Waals surface area (Å²) >= 11 is 0. The summed E-state index contributed by atoms with van der Waals surface area (Å²) < 4.78 is 5.51. The molecule has 2 N–H and O–H groups in total. The van der Waals surface area contributed by atoms with Gasteiger partial charge in [-0.15, -0.1) is 0 Å². The van der Waals surface area contributed by atoms with Gasteiger partial charge < -0.3 is 15.2 Å². The van der Waals surface area contributed by atoms with Crippen molar-refractivity contribution in [2.75, 3.05) is 13.2 Å². The molecule has 19 heavy (non-hydrogen) atoms. The number of rotatable bonds is 6. The highest BCUT2D eigenvalue weighted by molar-refractivity contribution is 5.77. The highest BCUT2D eigenvalue weighted by Crippen LogP contribution is 2.20. The monoisotopic (exact) mass is 265 g/mol. The Hall–Kier alpha value is -1.55. The molecule has 0 saturated heterocycles. The van der Waals surface area contributed by atoms with Crippen LogP contribution in [-0.4, -0.2) is 30.3 Å². The zero-order valence-corrected chi connectivity index (χ0v) is 12.1. The molecule has 0 heterocycles. The summed E-state index contributed by atoms with van der Waals surface area (Å²) in [5.74, 6) is 0.698. The zero-order valence-electron chi connectivity index (χ0n) is 12.1. The molecule has 0 unspecified atom stereocenters. The molecule has 1 aromatic carbocycles. The minimum Gasteiger partial charge on any atom is -0.483 e. The van der Waals surface area contributed by atoms with Gasteiger partial charge in [-0.3, -0.25) is 4.79 Å². The Balaban J connectivity index is 2.52. The van der Waals surface area contributed by atoms with Crippen LogP contribution < -0.4 is 10.1 Å². The number of nitrogens with one attached hydrogen (secondary N) is 1. The van der Waals surface area contributed by atoms with Gasteiger partial charge in [0.2, 0.25) is 0 Å². The molecular weight excluding hydrogens is 242 g/mol. The van der Waals surface area contributed by atoms with E-state index in [0.29, 0.717) is 0 Å². The number of carbonyl (C=O) groups is 1.